The van der Waals surface area contributed by atoms with Gasteiger partial charge < -0.3 is 20.3 Å². The fourth-order valence-corrected chi connectivity index (χ4v) is 0. The Morgan fingerprint density at radius 2 is 0.750 bits per heavy atom. The van der Waals surface area contributed by atoms with Crippen molar-refractivity contribution in [2.24, 2.45) is 0 Å². The van der Waals surface area contributed by atoms with Gasteiger partial charge in [0.05, 0.1) is 0 Å². The minimum atomic E-state index is 0. The maximum absolute atomic E-state index is 0. The third kappa shape index (κ3) is 10.2. The van der Waals surface area contributed by atoms with Crippen molar-refractivity contribution in [1.82, 2.24) is 0 Å². The maximum atomic E-state index is 0. The van der Waals surface area contributed by atoms with Crippen LogP contribution >= 0.6 is 0 Å². The molecular weight excluding hydrogens is 180 g/mol. The first-order valence-corrected chi connectivity index (χ1v) is 0. The number of hydrogen-bond acceptors (Lipinski definition) is 0. The second-order valence-electron chi connectivity index (χ2n) is 0. The van der Waals surface area contributed by atoms with Gasteiger partial charge in [-0.3, -0.25) is 0 Å². The van der Waals surface area contributed by atoms with E-state index in [1.54, 1.807) is 0 Å². The smallest absolute Gasteiger partial charge is 2.00 e. The van der Waals surface area contributed by atoms with Crippen molar-refractivity contribution < 1.29 is 47.2 Å². The Labute approximate surface area is 61.5 Å². The van der Waals surface area contributed by atoms with Crippen molar-refractivity contribution in [2.75, 3.05) is 0 Å². The summed E-state index contributed by atoms with van der Waals surface area (Å²) in [5, 5.41) is 0. The van der Waals surface area contributed by atoms with Gasteiger partial charge in [-0.25, -0.2) is 0 Å². The standard InChI is InChI=1S/2CH3.Ce.O/h2*1H3;;/q2*-1;+4;-2. The van der Waals surface area contributed by atoms with Gasteiger partial charge in [-0.1, -0.05) is 0 Å². The van der Waals surface area contributed by atoms with Crippen molar-refractivity contribution in [3.05, 3.63) is 14.9 Å². The third-order valence-corrected chi connectivity index (χ3v) is 0. The molecule has 0 spiro atoms. The first-order chi connectivity index (χ1) is 0. The molecule has 0 aliphatic carbocycles. The molecule has 0 aromatic rings. The Morgan fingerprint density at radius 3 is 0.750 bits per heavy atom. The zero-order valence-electron chi connectivity index (χ0n) is 2.91. The van der Waals surface area contributed by atoms with Gasteiger partial charge in [-0.2, -0.15) is 0 Å². The van der Waals surface area contributed by atoms with Crippen LogP contribution in [0.2, 0.25) is 0 Å². The molecule has 24 valence electrons. The van der Waals surface area contributed by atoms with E-state index >= 15 is 0 Å². The van der Waals surface area contributed by atoms with Crippen molar-refractivity contribution in [1.29, 1.82) is 0 Å². The molecule has 1 nitrogen and oxygen atoms in total. The van der Waals surface area contributed by atoms with E-state index in [1.807, 2.05) is 0 Å². The third-order valence-electron chi connectivity index (χ3n) is 0. The normalized spacial score (nSPS) is 0. The molecule has 2 heteroatoms. The average molecular weight is 186 g/mol. The van der Waals surface area contributed by atoms with Gasteiger partial charge in [0.15, 0.2) is 0 Å². The maximum Gasteiger partial charge on any atom is 4.00 e. The van der Waals surface area contributed by atoms with Crippen LogP contribution in [-0.4, -0.2) is 0 Å². The van der Waals surface area contributed by atoms with Crippen LogP contribution < -0.4 is 0 Å². The molecule has 0 rings (SSSR count). The second kappa shape index (κ2) is 27.0. The zero-order valence-corrected chi connectivity index (χ0v) is 6.05. The van der Waals surface area contributed by atoms with Gasteiger partial charge in [0, 0.05) is 0 Å². The summed E-state index contributed by atoms with van der Waals surface area (Å²) >= 11 is 0. The molecule has 0 unspecified atom stereocenters. The molecule has 0 heterocycles. The van der Waals surface area contributed by atoms with E-state index < -0.39 is 0 Å². The van der Waals surface area contributed by atoms with Crippen LogP contribution in [0.5, 0.6) is 0 Å². The van der Waals surface area contributed by atoms with E-state index in [2.05, 4.69) is 0 Å². The van der Waals surface area contributed by atoms with Crippen molar-refractivity contribution in [2.45, 2.75) is 0 Å². The number of rotatable bonds is 0. The van der Waals surface area contributed by atoms with Gasteiger partial charge >= 0.3 is 41.7 Å². The summed E-state index contributed by atoms with van der Waals surface area (Å²) in [6, 6.07) is 0. The summed E-state index contributed by atoms with van der Waals surface area (Å²) in [5.74, 6) is 0. The molecule has 0 saturated carbocycles. The summed E-state index contributed by atoms with van der Waals surface area (Å²) < 4.78 is 0. The molecule has 0 radical (unpaired) electrons. The monoisotopic (exact) mass is 186 g/mol. The van der Waals surface area contributed by atoms with Crippen molar-refractivity contribution in [3.8, 4) is 0 Å². The first kappa shape index (κ1) is 56.2. The summed E-state index contributed by atoms with van der Waals surface area (Å²) in [6.45, 7) is 0. The second-order valence-corrected chi connectivity index (χ2v) is 0. The van der Waals surface area contributed by atoms with Crippen LogP contribution in [-0.2, 0) is 5.48 Å². The number of hydrogen-bond donors (Lipinski definition) is 0. The molecule has 0 bridgehead atoms. The quantitative estimate of drug-likeness (QED) is 0.500. The van der Waals surface area contributed by atoms with Gasteiger partial charge in [0.2, 0.25) is 0 Å². The topological polar surface area (TPSA) is 28.5 Å². The van der Waals surface area contributed by atoms with Crippen LogP contribution in [0.3, 0.4) is 0 Å². The SMILES string of the molecule is [CH3-].[CH3-].[Ce+4].[O-2]. The Morgan fingerprint density at radius 1 is 0.750 bits per heavy atom. The molecule has 4 heavy (non-hydrogen) atoms. The van der Waals surface area contributed by atoms with E-state index in [0.29, 0.717) is 0 Å². The van der Waals surface area contributed by atoms with E-state index in [1.165, 1.54) is 0 Å². The minimum absolute atomic E-state index is 0. The fraction of sp³-hybridized carbons (Fsp3) is 0. The minimum Gasteiger partial charge on any atom is -2.00 e. The van der Waals surface area contributed by atoms with Crippen LogP contribution in [0.1, 0.15) is 0 Å². The summed E-state index contributed by atoms with van der Waals surface area (Å²) in [6.07, 6.45) is 0. The van der Waals surface area contributed by atoms with Gasteiger partial charge in [-0.15, -0.1) is 0 Å². The Kier molecular flexibility index (Phi) is 380. The van der Waals surface area contributed by atoms with Gasteiger partial charge in [0.1, 0.15) is 0 Å². The Balaban J connectivity index is 0. The molecule has 0 atom stereocenters. The van der Waals surface area contributed by atoms with E-state index in [9.17, 15) is 0 Å². The van der Waals surface area contributed by atoms with E-state index in [-0.39, 0.29) is 62.1 Å². The Bertz CT molecular complexity index is 6.00. The predicted octanol–water partition coefficient (Wildman–Crippen LogP) is 0.782. The molecule has 0 amide bonds. The van der Waals surface area contributed by atoms with Crippen LogP contribution in [0.25, 0.3) is 0 Å². The molecule has 0 aliphatic heterocycles. The van der Waals surface area contributed by atoms with Gasteiger partial charge in [-0.05, 0) is 0 Å². The average Bonchev–Trinajstić information content (AvgIpc) is 0. The van der Waals surface area contributed by atoms with Crippen LogP contribution in [0.15, 0.2) is 0 Å². The molecule has 0 aromatic carbocycles. The Hall–Kier alpha value is 1.34. The fourth-order valence-electron chi connectivity index (χ4n) is 0. The van der Waals surface area contributed by atoms with E-state index in [0.717, 1.165) is 0 Å². The van der Waals surface area contributed by atoms with Crippen molar-refractivity contribution >= 4 is 0 Å². The molecule has 0 N–H and O–H groups in total. The summed E-state index contributed by atoms with van der Waals surface area (Å²) in [4.78, 5) is 0. The van der Waals surface area contributed by atoms with E-state index in [4.69, 9.17) is 0 Å². The summed E-state index contributed by atoms with van der Waals surface area (Å²) in [5.41, 5.74) is 0. The largest absolute Gasteiger partial charge is 4.00 e. The predicted molar refractivity (Wildman–Crippen MR) is 13.5 cm³/mol. The summed E-state index contributed by atoms with van der Waals surface area (Å²) in [7, 11) is 0. The van der Waals surface area contributed by atoms with Gasteiger partial charge in [0.25, 0.3) is 0 Å². The molecule has 0 saturated heterocycles. The van der Waals surface area contributed by atoms with Crippen LogP contribution in [0, 0.1) is 56.6 Å². The molecule has 0 fully saturated rings. The molecule has 0 aromatic heterocycles. The first-order valence-electron chi connectivity index (χ1n) is 0. The molecular formula is C2H6CeO. The zero-order chi connectivity index (χ0) is 0. The molecule has 0 aliphatic rings. The van der Waals surface area contributed by atoms with Crippen molar-refractivity contribution in [3.63, 3.8) is 0 Å². The van der Waals surface area contributed by atoms with Crippen LogP contribution in [0.4, 0.5) is 0 Å².